The summed E-state index contributed by atoms with van der Waals surface area (Å²) < 4.78 is 64.7. The Labute approximate surface area is 161 Å². The van der Waals surface area contributed by atoms with Gasteiger partial charge in [-0.3, -0.25) is 0 Å². The maximum Gasteiger partial charge on any atom is 0.416 e. The molecule has 7 nitrogen and oxygen atoms in total. The second-order valence-electron chi connectivity index (χ2n) is 6.58. The number of hydrogen-bond donors (Lipinski definition) is 0. The van der Waals surface area contributed by atoms with E-state index in [0.717, 1.165) is 30.0 Å². The van der Waals surface area contributed by atoms with Gasteiger partial charge in [0.1, 0.15) is 0 Å². The molecule has 1 aliphatic heterocycles. The maximum absolute atomic E-state index is 12.7. The first kappa shape index (κ1) is 20.3. The molecular formula is C17H20F3N5O2S. The van der Waals surface area contributed by atoms with Crippen molar-refractivity contribution in [2.45, 2.75) is 11.1 Å². The first-order valence-electron chi connectivity index (χ1n) is 8.51. The summed E-state index contributed by atoms with van der Waals surface area (Å²) in [6, 6.07) is 5.43. The van der Waals surface area contributed by atoms with Crippen molar-refractivity contribution in [3.63, 3.8) is 0 Å². The van der Waals surface area contributed by atoms with E-state index in [-0.39, 0.29) is 18.0 Å². The van der Waals surface area contributed by atoms with Gasteiger partial charge in [-0.1, -0.05) is 0 Å². The van der Waals surface area contributed by atoms with E-state index in [4.69, 9.17) is 0 Å². The number of piperazine rings is 1. The first-order valence-corrected chi connectivity index (χ1v) is 9.95. The van der Waals surface area contributed by atoms with Crippen molar-refractivity contribution in [2.24, 2.45) is 0 Å². The molecular weight excluding hydrogens is 395 g/mol. The number of aromatic nitrogens is 2. The Kier molecular flexibility index (Phi) is 5.48. The Balaban J connectivity index is 1.71. The van der Waals surface area contributed by atoms with E-state index in [2.05, 4.69) is 10.2 Å². The quantitative estimate of drug-likeness (QED) is 0.762. The zero-order valence-corrected chi connectivity index (χ0v) is 16.2. The Morgan fingerprint density at radius 3 is 2.18 bits per heavy atom. The third kappa shape index (κ3) is 4.20. The highest BCUT2D eigenvalue weighted by molar-refractivity contribution is 7.89. The summed E-state index contributed by atoms with van der Waals surface area (Å²) in [5.41, 5.74) is 0.000392. The molecule has 1 saturated heterocycles. The van der Waals surface area contributed by atoms with E-state index in [0.29, 0.717) is 18.9 Å². The molecule has 28 heavy (non-hydrogen) atoms. The zero-order chi connectivity index (χ0) is 20.5. The van der Waals surface area contributed by atoms with E-state index in [1.54, 1.807) is 6.20 Å². The van der Waals surface area contributed by atoms with Gasteiger partial charge in [-0.15, -0.1) is 5.10 Å². The summed E-state index contributed by atoms with van der Waals surface area (Å²) in [6.45, 7) is 1.23. The molecule has 0 spiro atoms. The number of anilines is 2. The van der Waals surface area contributed by atoms with Gasteiger partial charge in [0, 0.05) is 46.3 Å². The van der Waals surface area contributed by atoms with Crippen LogP contribution >= 0.6 is 0 Å². The summed E-state index contributed by atoms with van der Waals surface area (Å²) in [5, 5.41) is 8.07. The number of sulfonamides is 1. The predicted octanol–water partition coefficient (Wildman–Crippen LogP) is 2.07. The summed E-state index contributed by atoms with van der Waals surface area (Å²) in [5.74, 6) is 0.651. The highest BCUT2D eigenvalue weighted by Crippen LogP contribution is 2.30. The zero-order valence-electron chi connectivity index (χ0n) is 15.4. The van der Waals surface area contributed by atoms with E-state index < -0.39 is 21.8 Å². The van der Waals surface area contributed by atoms with Crippen LogP contribution < -0.4 is 9.80 Å². The fourth-order valence-corrected chi connectivity index (χ4v) is 4.29. The highest BCUT2D eigenvalue weighted by Gasteiger charge is 2.32. The van der Waals surface area contributed by atoms with Gasteiger partial charge >= 0.3 is 6.18 Å². The lowest BCUT2D eigenvalue weighted by atomic mass is 10.2. The van der Waals surface area contributed by atoms with Crippen LogP contribution in [0.25, 0.3) is 0 Å². The number of nitrogens with zero attached hydrogens (tertiary/aromatic N) is 5. The molecule has 0 aliphatic carbocycles. The van der Waals surface area contributed by atoms with E-state index in [1.807, 2.05) is 30.0 Å². The van der Waals surface area contributed by atoms with E-state index in [1.165, 1.54) is 4.31 Å². The number of alkyl halides is 3. The molecule has 0 radical (unpaired) electrons. The topological polar surface area (TPSA) is 69.6 Å². The monoisotopic (exact) mass is 415 g/mol. The van der Waals surface area contributed by atoms with Crippen molar-refractivity contribution in [3.05, 3.63) is 42.1 Å². The molecule has 0 unspecified atom stereocenters. The number of halogens is 3. The predicted molar refractivity (Wildman–Crippen MR) is 98.8 cm³/mol. The second kappa shape index (κ2) is 7.55. The molecule has 0 atom stereocenters. The van der Waals surface area contributed by atoms with Gasteiger partial charge in [0.05, 0.1) is 22.3 Å². The highest BCUT2D eigenvalue weighted by atomic mass is 32.2. The lowest BCUT2D eigenvalue weighted by Crippen LogP contribution is -2.49. The number of hydrogen-bond acceptors (Lipinski definition) is 6. The SMILES string of the molecule is CN(C)c1cnnc(N2CCN(S(=O)(=O)c3ccc(C(F)(F)F)cc3)CC2)c1. The van der Waals surface area contributed by atoms with Gasteiger partial charge in [-0.05, 0) is 24.3 Å². The van der Waals surface area contributed by atoms with Gasteiger partial charge in [0.15, 0.2) is 5.82 Å². The molecule has 152 valence electrons. The van der Waals surface area contributed by atoms with Gasteiger partial charge in [0.25, 0.3) is 0 Å². The van der Waals surface area contributed by atoms with E-state index in [9.17, 15) is 21.6 Å². The third-order valence-corrected chi connectivity index (χ3v) is 6.44. The van der Waals surface area contributed by atoms with Crippen molar-refractivity contribution in [3.8, 4) is 0 Å². The first-order chi connectivity index (χ1) is 13.1. The van der Waals surface area contributed by atoms with Crippen LogP contribution in [0.4, 0.5) is 24.7 Å². The molecule has 2 aromatic rings. The molecule has 0 N–H and O–H groups in total. The van der Waals surface area contributed by atoms with Crippen molar-refractivity contribution in [2.75, 3.05) is 50.1 Å². The third-order valence-electron chi connectivity index (χ3n) is 4.53. The Morgan fingerprint density at radius 1 is 1.04 bits per heavy atom. The average Bonchev–Trinajstić information content (AvgIpc) is 2.67. The summed E-state index contributed by atoms with van der Waals surface area (Å²) in [4.78, 5) is 3.67. The summed E-state index contributed by atoms with van der Waals surface area (Å²) in [6.07, 6.45) is -2.87. The molecule has 1 fully saturated rings. The minimum atomic E-state index is -4.50. The van der Waals surface area contributed by atoms with Crippen LogP contribution in [0.1, 0.15) is 5.56 Å². The normalized spacial score (nSPS) is 16.2. The van der Waals surface area contributed by atoms with Crippen LogP contribution in [-0.4, -0.2) is 63.2 Å². The Hall–Kier alpha value is -2.40. The van der Waals surface area contributed by atoms with Crippen LogP contribution in [0.2, 0.25) is 0 Å². The molecule has 1 aliphatic rings. The number of rotatable bonds is 4. The van der Waals surface area contributed by atoms with Crippen LogP contribution in [0.3, 0.4) is 0 Å². The van der Waals surface area contributed by atoms with Gasteiger partial charge in [0.2, 0.25) is 10.0 Å². The molecule has 3 rings (SSSR count). The molecule has 0 saturated carbocycles. The maximum atomic E-state index is 12.7. The molecule has 1 aromatic heterocycles. The van der Waals surface area contributed by atoms with Crippen molar-refractivity contribution < 1.29 is 21.6 Å². The van der Waals surface area contributed by atoms with Crippen LogP contribution in [0, 0.1) is 0 Å². The standard InChI is InChI=1S/C17H20F3N5O2S/c1-23(2)14-11-16(22-21-12-14)24-7-9-25(10-8-24)28(26,27)15-5-3-13(4-6-15)17(18,19)20/h3-6,11-12H,7-10H2,1-2H3. The molecule has 0 bridgehead atoms. The van der Waals surface area contributed by atoms with Crippen molar-refractivity contribution >= 4 is 21.5 Å². The second-order valence-corrected chi connectivity index (χ2v) is 8.52. The minimum absolute atomic E-state index is 0.150. The minimum Gasteiger partial charge on any atom is -0.376 e. The van der Waals surface area contributed by atoms with Crippen LogP contribution in [-0.2, 0) is 16.2 Å². The van der Waals surface area contributed by atoms with Gasteiger partial charge in [-0.25, -0.2) is 8.42 Å². The largest absolute Gasteiger partial charge is 0.416 e. The number of benzene rings is 1. The molecule has 2 heterocycles. The molecule has 11 heteroatoms. The molecule has 0 amide bonds. The smallest absolute Gasteiger partial charge is 0.376 e. The Morgan fingerprint density at radius 2 is 1.64 bits per heavy atom. The van der Waals surface area contributed by atoms with E-state index >= 15 is 0 Å². The fraction of sp³-hybridized carbons (Fsp3) is 0.412. The Bertz CT molecular complexity index is 925. The summed E-state index contributed by atoms with van der Waals surface area (Å²) in [7, 11) is -0.0879. The summed E-state index contributed by atoms with van der Waals surface area (Å²) >= 11 is 0. The molecule has 1 aromatic carbocycles. The lowest BCUT2D eigenvalue weighted by Gasteiger charge is -2.34. The fourth-order valence-electron chi connectivity index (χ4n) is 2.87. The van der Waals surface area contributed by atoms with Crippen LogP contribution in [0.5, 0.6) is 0 Å². The van der Waals surface area contributed by atoms with Crippen molar-refractivity contribution in [1.29, 1.82) is 0 Å². The van der Waals surface area contributed by atoms with Gasteiger partial charge < -0.3 is 9.80 Å². The average molecular weight is 415 g/mol. The van der Waals surface area contributed by atoms with Gasteiger partial charge in [-0.2, -0.15) is 22.6 Å². The van der Waals surface area contributed by atoms with Crippen molar-refractivity contribution in [1.82, 2.24) is 14.5 Å². The van der Waals surface area contributed by atoms with Crippen LogP contribution in [0.15, 0.2) is 41.4 Å². The lowest BCUT2D eigenvalue weighted by molar-refractivity contribution is -0.137.